The van der Waals surface area contributed by atoms with E-state index in [0.29, 0.717) is 17.0 Å². The maximum Gasteiger partial charge on any atom is 0.407 e. The predicted molar refractivity (Wildman–Crippen MR) is 118 cm³/mol. The summed E-state index contributed by atoms with van der Waals surface area (Å²) >= 11 is 0. The highest BCUT2D eigenvalue weighted by Crippen LogP contribution is 2.16. The molecule has 31 heavy (non-hydrogen) atoms. The molecule has 0 radical (unpaired) electrons. The summed E-state index contributed by atoms with van der Waals surface area (Å²) in [6, 6.07) is 14.1. The van der Waals surface area contributed by atoms with Gasteiger partial charge in [0.15, 0.2) is 0 Å². The summed E-state index contributed by atoms with van der Waals surface area (Å²) in [5.41, 5.74) is 1.23. The van der Waals surface area contributed by atoms with Crippen molar-refractivity contribution in [2.75, 3.05) is 19.0 Å². The van der Waals surface area contributed by atoms with Crippen LogP contribution in [0.25, 0.3) is 0 Å². The van der Waals surface area contributed by atoms with Crippen LogP contribution in [-0.2, 0) is 16.1 Å². The van der Waals surface area contributed by atoms with Gasteiger partial charge in [0.25, 0.3) is 5.91 Å². The monoisotopic (exact) mass is 427 g/mol. The second-order valence-corrected chi connectivity index (χ2v) is 7.80. The summed E-state index contributed by atoms with van der Waals surface area (Å²) in [4.78, 5) is 36.3. The van der Waals surface area contributed by atoms with Gasteiger partial charge in [-0.1, -0.05) is 24.3 Å². The zero-order valence-corrected chi connectivity index (χ0v) is 18.3. The van der Waals surface area contributed by atoms with Crippen LogP contribution in [0.3, 0.4) is 0 Å². The third-order valence-electron chi connectivity index (χ3n) is 4.08. The molecule has 8 heteroatoms. The van der Waals surface area contributed by atoms with Gasteiger partial charge in [-0.2, -0.15) is 0 Å². The number of benzene rings is 2. The highest BCUT2D eigenvalue weighted by molar-refractivity contribution is 5.95. The first-order chi connectivity index (χ1) is 14.7. The molecule has 0 aliphatic rings. The van der Waals surface area contributed by atoms with Gasteiger partial charge >= 0.3 is 6.09 Å². The molecule has 166 valence electrons. The van der Waals surface area contributed by atoms with Crippen LogP contribution in [0.2, 0.25) is 0 Å². The van der Waals surface area contributed by atoms with Crippen molar-refractivity contribution in [1.82, 2.24) is 10.6 Å². The summed E-state index contributed by atoms with van der Waals surface area (Å²) < 4.78 is 10.3. The highest BCUT2D eigenvalue weighted by atomic mass is 16.6. The van der Waals surface area contributed by atoms with Crippen molar-refractivity contribution in [1.29, 1.82) is 0 Å². The Morgan fingerprint density at radius 1 is 0.968 bits per heavy atom. The molecule has 2 rings (SSSR count). The fourth-order valence-electron chi connectivity index (χ4n) is 2.64. The number of para-hydroxylation sites is 1. The fourth-order valence-corrected chi connectivity index (χ4v) is 2.64. The minimum Gasteiger partial charge on any atom is -0.497 e. The Labute approximate surface area is 182 Å². The molecule has 0 saturated carbocycles. The van der Waals surface area contributed by atoms with Crippen molar-refractivity contribution in [3.63, 3.8) is 0 Å². The van der Waals surface area contributed by atoms with Gasteiger partial charge in [-0.05, 0) is 50.6 Å². The highest BCUT2D eigenvalue weighted by Gasteiger charge is 2.16. The lowest BCUT2D eigenvalue weighted by molar-refractivity contribution is -0.116. The van der Waals surface area contributed by atoms with Crippen LogP contribution in [-0.4, -0.2) is 37.2 Å². The topological polar surface area (TPSA) is 106 Å². The van der Waals surface area contributed by atoms with Crippen LogP contribution in [0.5, 0.6) is 5.75 Å². The maximum absolute atomic E-state index is 12.4. The van der Waals surface area contributed by atoms with Gasteiger partial charge in [0.05, 0.1) is 7.11 Å². The van der Waals surface area contributed by atoms with E-state index >= 15 is 0 Å². The predicted octanol–water partition coefficient (Wildman–Crippen LogP) is 3.48. The molecule has 2 aromatic carbocycles. The summed E-state index contributed by atoms with van der Waals surface area (Å²) in [5, 5.41) is 8.20. The largest absolute Gasteiger partial charge is 0.497 e. The number of hydrogen-bond donors (Lipinski definition) is 3. The molecule has 0 spiro atoms. The summed E-state index contributed by atoms with van der Waals surface area (Å²) in [5.74, 6) is 0.0875. The van der Waals surface area contributed by atoms with E-state index in [1.54, 1.807) is 64.3 Å². The third kappa shape index (κ3) is 8.38. The number of methoxy groups -OCH3 is 1. The zero-order chi connectivity index (χ0) is 22.9. The Morgan fingerprint density at radius 2 is 1.71 bits per heavy atom. The van der Waals surface area contributed by atoms with Gasteiger partial charge in [0.2, 0.25) is 5.91 Å². The van der Waals surface area contributed by atoms with Crippen molar-refractivity contribution < 1.29 is 23.9 Å². The summed E-state index contributed by atoms with van der Waals surface area (Å²) in [6.07, 6.45) is -0.482. The van der Waals surface area contributed by atoms with Crippen LogP contribution in [0.4, 0.5) is 10.5 Å². The van der Waals surface area contributed by atoms with Crippen LogP contribution < -0.4 is 20.7 Å². The normalized spacial score (nSPS) is 10.7. The molecule has 0 aliphatic carbocycles. The molecule has 0 heterocycles. The first-order valence-corrected chi connectivity index (χ1v) is 9.95. The number of anilines is 1. The quantitative estimate of drug-likeness (QED) is 0.598. The van der Waals surface area contributed by atoms with E-state index in [0.717, 1.165) is 5.56 Å². The number of amides is 3. The Hall–Kier alpha value is -3.55. The number of carbonyl (C=O) groups excluding carboxylic acids is 3. The number of hydrogen-bond acceptors (Lipinski definition) is 5. The number of alkyl carbamates (subject to hydrolysis) is 1. The molecular weight excluding hydrogens is 398 g/mol. The van der Waals surface area contributed by atoms with Crippen LogP contribution >= 0.6 is 0 Å². The molecule has 3 N–H and O–H groups in total. The average Bonchev–Trinajstić information content (AvgIpc) is 2.71. The van der Waals surface area contributed by atoms with Crippen molar-refractivity contribution in [3.8, 4) is 5.75 Å². The molecule has 2 aromatic rings. The number of carbonyl (C=O) groups is 3. The van der Waals surface area contributed by atoms with Gasteiger partial charge in [-0.25, -0.2) is 4.79 Å². The SMILES string of the molecule is COc1cccc(C(=O)NCc2ccccc2NC(=O)CCNC(=O)OC(C)(C)C)c1. The second-order valence-electron chi connectivity index (χ2n) is 7.80. The first kappa shape index (κ1) is 23.7. The molecule has 0 saturated heterocycles. The van der Waals surface area contributed by atoms with Crippen LogP contribution in [0.1, 0.15) is 43.1 Å². The van der Waals surface area contributed by atoms with Crippen molar-refractivity contribution >= 4 is 23.6 Å². The Bertz CT molecular complexity index is 921. The molecule has 0 aromatic heterocycles. The van der Waals surface area contributed by atoms with Crippen LogP contribution in [0.15, 0.2) is 48.5 Å². The molecule has 0 unspecified atom stereocenters. The van der Waals surface area contributed by atoms with E-state index in [1.807, 2.05) is 12.1 Å². The Balaban J connectivity index is 1.87. The van der Waals surface area contributed by atoms with Gasteiger partial charge in [-0.3, -0.25) is 9.59 Å². The zero-order valence-electron chi connectivity index (χ0n) is 18.3. The Morgan fingerprint density at radius 3 is 2.42 bits per heavy atom. The molecular formula is C23H29N3O5. The lowest BCUT2D eigenvalue weighted by Gasteiger charge is -2.19. The van der Waals surface area contributed by atoms with Crippen molar-refractivity contribution in [2.24, 2.45) is 0 Å². The molecule has 0 atom stereocenters. The minimum atomic E-state index is -0.597. The van der Waals surface area contributed by atoms with E-state index in [2.05, 4.69) is 16.0 Å². The van der Waals surface area contributed by atoms with E-state index in [1.165, 1.54) is 0 Å². The van der Waals surface area contributed by atoms with E-state index in [-0.39, 0.29) is 31.3 Å². The molecule has 0 aliphatic heterocycles. The summed E-state index contributed by atoms with van der Waals surface area (Å²) in [7, 11) is 1.54. The number of rotatable bonds is 8. The molecule has 3 amide bonds. The average molecular weight is 428 g/mol. The smallest absolute Gasteiger partial charge is 0.407 e. The van der Waals surface area contributed by atoms with Gasteiger partial charge in [0, 0.05) is 30.8 Å². The van der Waals surface area contributed by atoms with Gasteiger partial charge in [-0.15, -0.1) is 0 Å². The van der Waals surface area contributed by atoms with E-state index in [4.69, 9.17) is 9.47 Å². The number of ether oxygens (including phenoxy) is 2. The molecule has 0 fully saturated rings. The van der Waals surface area contributed by atoms with E-state index < -0.39 is 11.7 Å². The molecule has 8 nitrogen and oxygen atoms in total. The van der Waals surface area contributed by atoms with Crippen molar-refractivity contribution in [2.45, 2.75) is 39.3 Å². The van der Waals surface area contributed by atoms with Gasteiger partial charge < -0.3 is 25.4 Å². The van der Waals surface area contributed by atoms with Gasteiger partial charge in [0.1, 0.15) is 11.4 Å². The summed E-state index contributed by atoms with van der Waals surface area (Å²) in [6.45, 7) is 5.69. The third-order valence-corrected chi connectivity index (χ3v) is 4.08. The van der Waals surface area contributed by atoms with E-state index in [9.17, 15) is 14.4 Å². The Kier molecular flexibility index (Phi) is 8.43. The lowest BCUT2D eigenvalue weighted by atomic mass is 10.1. The first-order valence-electron chi connectivity index (χ1n) is 9.95. The maximum atomic E-state index is 12.4. The fraction of sp³-hybridized carbons (Fsp3) is 0.348. The number of nitrogens with one attached hydrogen (secondary N) is 3. The second kappa shape index (κ2) is 11.0. The van der Waals surface area contributed by atoms with Crippen LogP contribution in [0, 0.1) is 0 Å². The standard InChI is InChI=1S/C23H29N3O5/c1-23(2,3)31-22(29)24-13-12-20(27)26-19-11-6-5-8-17(19)15-25-21(28)16-9-7-10-18(14-16)30-4/h5-11,14H,12-13,15H2,1-4H3,(H,24,29)(H,25,28)(H,26,27). The lowest BCUT2D eigenvalue weighted by Crippen LogP contribution is -2.34. The van der Waals surface area contributed by atoms with Crippen molar-refractivity contribution in [3.05, 3.63) is 59.7 Å². The molecule has 0 bridgehead atoms. The minimum absolute atomic E-state index is 0.0870.